The van der Waals surface area contributed by atoms with Gasteiger partial charge in [-0.05, 0) is 73.3 Å². The molecule has 4 bridgehead atoms. The smallest absolute Gasteiger partial charge is 0.141 e. The van der Waals surface area contributed by atoms with Crippen molar-refractivity contribution in [3.8, 4) is 5.75 Å². The van der Waals surface area contributed by atoms with Crippen molar-refractivity contribution in [1.29, 1.82) is 0 Å². The molecule has 1 aromatic heterocycles. The number of rotatable bonds is 3. The lowest BCUT2D eigenvalue weighted by Gasteiger charge is -2.63. The summed E-state index contributed by atoms with van der Waals surface area (Å²) in [7, 11) is 1.72. The average molecular weight is 286 g/mol. The lowest BCUT2D eigenvalue weighted by molar-refractivity contribution is -0.114. The molecule has 0 amide bonds. The van der Waals surface area contributed by atoms with E-state index in [4.69, 9.17) is 10.5 Å². The maximum Gasteiger partial charge on any atom is 0.141 e. The topological polar surface area (TPSA) is 48.1 Å². The van der Waals surface area contributed by atoms with Crippen molar-refractivity contribution in [2.45, 2.75) is 51.5 Å². The molecule has 2 N–H and O–H groups in total. The predicted octanol–water partition coefficient (Wildman–Crippen LogP) is 3.70. The van der Waals surface area contributed by atoms with E-state index in [2.05, 4.69) is 11.9 Å². The van der Waals surface area contributed by atoms with Gasteiger partial charge in [0, 0.05) is 6.20 Å². The van der Waals surface area contributed by atoms with Crippen LogP contribution in [0, 0.1) is 22.7 Å². The Hall–Kier alpha value is -1.09. The van der Waals surface area contributed by atoms with Crippen molar-refractivity contribution in [2.24, 2.45) is 28.4 Å². The van der Waals surface area contributed by atoms with Gasteiger partial charge in [0.2, 0.25) is 0 Å². The second-order valence-electron chi connectivity index (χ2n) is 8.20. The third-order valence-corrected chi connectivity index (χ3v) is 6.37. The zero-order valence-electron chi connectivity index (χ0n) is 13.1. The van der Waals surface area contributed by atoms with Crippen LogP contribution in [-0.4, -0.2) is 12.1 Å². The van der Waals surface area contributed by atoms with Gasteiger partial charge in [0.15, 0.2) is 0 Å². The first kappa shape index (κ1) is 13.6. The molecule has 0 spiro atoms. The number of nitrogens with zero attached hydrogens (tertiary/aromatic N) is 1. The molecule has 4 saturated carbocycles. The number of nitrogens with two attached hydrogens (primary N) is 1. The van der Waals surface area contributed by atoms with Gasteiger partial charge in [0.25, 0.3) is 0 Å². The van der Waals surface area contributed by atoms with E-state index in [0.29, 0.717) is 5.41 Å². The Morgan fingerprint density at radius 3 is 2.62 bits per heavy atom. The molecule has 3 atom stereocenters. The molecule has 1 heterocycles. The molecule has 4 aliphatic carbocycles. The average Bonchev–Trinajstić information content (AvgIpc) is 2.44. The molecule has 3 unspecified atom stereocenters. The standard InChI is InChI=1S/C18H26N2O/c1-17-7-12-6-13(8-17)10-18(9-12,11-17)16(19)15-14(21-2)4-3-5-20-15/h3-5,12-13,16H,6-11,19H2,1-2H3. The fourth-order valence-electron chi connectivity index (χ4n) is 6.26. The quantitative estimate of drug-likeness (QED) is 0.921. The minimum atomic E-state index is 0.0128. The van der Waals surface area contributed by atoms with Crippen molar-refractivity contribution < 1.29 is 4.74 Å². The van der Waals surface area contributed by atoms with Gasteiger partial charge in [-0.3, -0.25) is 4.98 Å². The summed E-state index contributed by atoms with van der Waals surface area (Å²) in [5.41, 5.74) is 8.52. The van der Waals surface area contributed by atoms with E-state index in [9.17, 15) is 0 Å². The molecule has 21 heavy (non-hydrogen) atoms. The first-order valence-electron chi connectivity index (χ1n) is 8.28. The minimum absolute atomic E-state index is 0.0128. The molecule has 4 aliphatic rings. The van der Waals surface area contributed by atoms with Crippen LogP contribution >= 0.6 is 0 Å². The summed E-state index contributed by atoms with van der Waals surface area (Å²) in [5, 5.41) is 0. The van der Waals surface area contributed by atoms with E-state index >= 15 is 0 Å². The summed E-state index contributed by atoms with van der Waals surface area (Å²) in [4.78, 5) is 4.58. The lowest BCUT2D eigenvalue weighted by Crippen LogP contribution is -2.54. The summed E-state index contributed by atoms with van der Waals surface area (Å²) in [6.45, 7) is 2.49. The van der Waals surface area contributed by atoms with Crippen LogP contribution in [-0.2, 0) is 0 Å². The third-order valence-electron chi connectivity index (χ3n) is 6.37. The van der Waals surface area contributed by atoms with E-state index < -0.39 is 0 Å². The summed E-state index contributed by atoms with van der Waals surface area (Å²) in [5.74, 6) is 2.62. The van der Waals surface area contributed by atoms with Crippen molar-refractivity contribution in [2.75, 3.05) is 7.11 Å². The number of ether oxygens (including phenoxy) is 1. The number of aromatic nitrogens is 1. The van der Waals surface area contributed by atoms with Crippen LogP contribution in [0.25, 0.3) is 0 Å². The van der Waals surface area contributed by atoms with Crippen molar-refractivity contribution >= 4 is 0 Å². The first-order chi connectivity index (χ1) is 10.0. The number of hydrogen-bond donors (Lipinski definition) is 1. The van der Waals surface area contributed by atoms with Gasteiger partial charge in [0.1, 0.15) is 5.75 Å². The predicted molar refractivity (Wildman–Crippen MR) is 82.9 cm³/mol. The van der Waals surface area contributed by atoms with Crippen molar-refractivity contribution in [1.82, 2.24) is 4.98 Å². The highest BCUT2D eigenvalue weighted by molar-refractivity contribution is 5.31. The molecular weight excluding hydrogens is 260 g/mol. The maximum atomic E-state index is 6.79. The summed E-state index contributed by atoms with van der Waals surface area (Å²) in [6.07, 6.45) is 9.96. The Kier molecular flexibility index (Phi) is 2.88. The second kappa shape index (κ2) is 4.45. The molecule has 5 rings (SSSR count). The molecule has 0 radical (unpaired) electrons. The summed E-state index contributed by atoms with van der Waals surface area (Å²) >= 11 is 0. The van der Waals surface area contributed by atoms with Crippen LogP contribution in [0.4, 0.5) is 0 Å². The van der Waals surface area contributed by atoms with Gasteiger partial charge in [0.05, 0.1) is 18.8 Å². The number of pyridine rings is 1. The van der Waals surface area contributed by atoms with E-state index in [0.717, 1.165) is 23.3 Å². The van der Waals surface area contributed by atoms with E-state index in [1.807, 2.05) is 18.3 Å². The fourth-order valence-corrected chi connectivity index (χ4v) is 6.26. The number of hydrogen-bond acceptors (Lipinski definition) is 3. The van der Waals surface area contributed by atoms with Gasteiger partial charge < -0.3 is 10.5 Å². The van der Waals surface area contributed by atoms with Gasteiger partial charge in [-0.25, -0.2) is 0 Å². The zero-order chi connectivity index (χ0) is 14.7. The SMILES string of the molecule is COc1cccnc1C(N)C12CC3CC(CC(C)(C3)C1)C2. The van der Waals surface area contributed by atoms with Crippen LogP contribution in [0.1, 0.15) is 57.2 Å². The highest BCUT2D eigenvalue weighted by Gasteiger charge is 2.58. The Morgan fingerprint density at radius 2 is 2.00 bits per heavy atom. The molecule has 0 aliphatic heterocycles. The molecular formula is C18H26N2O. The van der Waals surface area contributed by atoms with Crippen LogP contribution < -0.4 is 10.5 Å². The molecule has 0 saturated heterocycles. The Bertz CT molecular complexity index is 542. The molecule has 0 aromatic carbocycles. The van der Waals surface area contributed by atoms with E-state index in [1.165, 1.54) is 38.5 Å². The molecule has 114 valence electrons. The fraction of sp³-hybridized carbons (Fsp3) is 0.722. The molecule has 3 nitrogen and oxygen atoms in total. The normalized spacial score (nSPS) is 42.0. The summed E-state index contributed by atoms with van der Waals surface area (Å²) in [6, 6.07) is 3.93. The number of methoxy groups -OCH3 is 1. The highest BCUT2D eigenvalue weighted by atomic mass is 16.5. The molecule has 4 fully saturated rings. The Balaban J connectivity index is 1.72. The summed E-state index contributed by atoms with van der Waals surface area (Å²) < 4.78 is 5.51. The van der Waals surface area contributed by atoms with Crippen molar-refractivity contribution in [3.63, 3.8) is 0 Å². The van der Waals surface area contributed by atoms with Crippen molar-refractivity contribution in [3.05, 3.63) is 24.0 Å². The monoisotopic (exact) mass is 286 g/mol. The minimum Gasteiger partial charge on any atom is -0.495 e. The second-order valence-corrected chi connectivity index (χ2v) is 8.20. The Morgan fingerprint density at radius 1 is 1.29 bits per heavy atom. The van der Waals surface area contributed by atoms with Crippen LogP contribution in [0.5, 0.6) is 5.75 Å². The first-order valence-corrected chi connectivity index (χ1v) is 8.28. The van der Waals surface area contributed by atoms with Gasteiger partial charge in [-0.2, -0.15) is 0 Å². The highest BCUT2D eigenvalue weighted by Crippen LogP contribution is 2.68. The Labute approximate surface area is 127 Å². The largest absolute Gasteiger partial charge is 0.495 e. The third kappa shape index (κ3) is 2.01. The van der Waals surface area contributed by atoms with Gasteiger partial charge >= 0.3 is 0 Å². The maximum absolute atomic E-state index is 6.79. The van der Waals surface area contributed by atoms with Gasteiger partial charge in [-0.15, -0.1) is 0 Å². The van der Waals surface area contributed by atoms with Crippen LogP contribution in [0.3, 0.4) is 0 Å². The van der Waals surface area contributed by atoms with E-state index in [1.54, 1.807) is 7.11 Å². The van der Waals surface area contributed by atoms with E-state index in [-0.39, 0.29) is 11.5 Å². The van der Waals surface area contributed by atoms with Gasteiger partial charge in [-0.1, -0.05) is 6.92 Å². The van der Waals surface area contributed by atoms with Crippen LogP contribution in [0.2, 0.25) is 0 Å². The van der Waals surface area contributed by atoms with Crippen LogP contribution in [0.15, 0.2) is 18.3 Å². The lowest BCUT2D eigenvalue weighted by atomic mass is 9.43. The zero-order valence-corrected chi connectivity index (χ0v) is 13.1. The molecule has 3 heteroatoms. The molecule has 1 aromatic rings.